The van der Waals surface area contributed by atoms with Crippen molar-refractivity contribution in [3.8, 4) is 0 Å². The zero-order valence-corrected chi connectivity index (χ0v) is 13.4. The smallest absolute Gasteiger partial charge is 0.338 e. The molecule has 2 amide bonds. The Kier molecular flexibility index (Phi) is 4.68. The molecule has 0 saturated carbocycles. The third-order valence-corrected chi connectivity index (χ3v) is 3.90. The fourth-order valence-corrected chi connectivity index (χ4v) is 2.60. The molecular formula is C16H18F2N2O3. The van der Waals surface area contributed by atoms with Gasteiger partial charge in [0.2, 0.25) is 0 Å². The van der Waals surface area contributed by atoms with Crippen molar-refractivity contribution in [3.05, 3.63) is 46.7 Å². The maximum absolute atomic E-state index is 13.6. The molecule has 0 aliphatic carbocycles. The van der Waals surface area contributed by atoms with E-state index in [0.717, 1.165) is 12.1 Å². The first kappa shape index (κ1) is 16.9. The molecule has 1 aromatic carbocycles. The lowest BCUT2D eigenvalue weighted by Crippen LogP contribution is -2.47. The Bertz CT molecular complexity index is 688. The SMILES string of the molecule is CCOC(=O)C1=C(C)N(C)C(=O)N(C)[C@@H]1c1ccc(F)c(F)c1. The van der Waals surface area contributed by atoms with Crippen molar-refractivity contribution in [1.82, 2.24) is 9.80 Å². The largest absolute Gasteiger partial charge is 0.463 e. The Balaban J connectivity index is 2.61. The highest BCUT2D eigenvalue weighted by Crippen LogP contribution is 2.36. The van der Waals surface area contributed by atoms with Gasteiger partial charge in [0, 0.05) is 19.8 Å². The van der Waals surface area contributed by atoms with E-state index in [2.05, 4.69) is 0 Å². The van der Waals surface area contributed by atoms with Gasteiger partial charge >= 0.3 is 12.0 Å². The Labute approximate surface area is 133 Å². The van der Waals surface area contributed by atoms with Gasteiger partial charge in [-0.1, -0.05) is 6.07 Å². The first-order valence-corrected chi connectivity index (χ1v) is 7.12. The lowest BCUT2D eigenvalue weighted by Gasteiger charge is -2.39. The van der Waals surface area contributed by atoms with Gasteiger partial charge in [0.25, 0.3) is 0 Å². The molecule has 0 bridgehead atoms. The molecule has 0 aromatic heterocycles. The fraction of sp³-hybridized carbons (Fsp3) is 0.375. The average molecular weight is 324 g/mol. The zero-order valence-electron chi connectivity index (χ0n) is 13.4. The second-order valence-corrected chi connectivity index (χ2v) is 5.25. The summed E-state index contributed by atoms with van der Waals surface area (Å²) in [6, 6.07) is 2.12. The molecule has 1 aliphatic rings. The molecule has 0 saturated heterocycles. The summed E-state index contributed by atoms with van der Waals surface area (Å²) in [4.78, 5) is 27.2. The molecule has 1 aliphatic heterocycles. The second-order valence-electron chi connectivity index (χ2n) is 5.25. The molecule has 1 heterocycles. The van der Waals surface area contributed by atoms with Gasteiger partial charge < -0.3 is 14.5 Å². The monoisotopic (exact) mass is 324 g/mol. The molecule has 2 rings (SSSR count). The van der Waals surface area contributed by atoms with Crippen LogP contribution in [0.1, 0.15) is 25.5 Å². The quantitative estimate of drug-likeness (QED) is 0.803. The molecule has 0 fully saturated rings. The molecule has 1 aromatic rings. The van der Waals surface area contributed by atoms with Crippen LogP contribution in [0.2, 0.25) is 0 Å². The molecule has 7 heteroatoms. The van der Waals surface area contributed by atoms with Gasteiger partial charge in [0.15, 0.2) is 11.6 Å². The van der Waals surface area contributed by atoms with Crippen molar-refractivity contribution in [2.75, 3.05) is 20.7 Å². The van der Waals surface area contributed by atoms with E-state index in [1.807, 2.05) is 0 Å². The summed E-state index contributed by atoms with van der Waals surface area (Å²) in [6.07, 6.45) is 0. The summed E-state index contributed by atoms with van der Waals surface area (Å²) < 4.78 is 31.8. The van der Waals surface area contributed by atoms with Crippen LogP contribution in [0.15, 0.2) is 29.5 Å². The highest BCUT2D eigenvalue weighted by molar-refractivity contribution is 5.94. The summed E-state index contributed by atoms with van der Waals surface area (Å²) in [6.45, 7) is 3.45. The summed E-state index contributed by atoms with van der Waals surface area (Å²) in [5.41, 5.74) is 0.944. The molecule has 23 heavy (non-hydrogen) atoms. The van der Waals surface area contributed by atoms with Crippen molar-refractivity contribution in [1.29, 1.82) is 0 Å². The van der Waals surface area contributed by atoms with Gasteiger partial charge in [0.05, 0.1) is 18.2 Å². The van der Waals surface area contributed by atoms with Crippen LogP contribution in [0.25, 0.3) is 0 Å². The number of nitrogens with zero attached hydrogens (tertiary/aromatic N) is 2. The number of hydrogen-bond acceptors (Lipinski definition) is 3. The highest BCUT2D eigenvalue weighted by atomic mass is 19.2. The Morgan fingerprint density at radius 3 is 2.48 bits per heavy atom. The van der Waals surface area contributed by atoms with Crippen LogP contribution in [0.4, 0.5) is 13.6 Å². The van der Waals surface area contributed by atoms with Crippen molar-refractivity contribution in [2.24, 2.45) is 0 Å². The topological polar surface area (TPSA) is 49.9 Å². The number of likely N-dealkylation sites (N-methyl/N-ethyl adjacent to an activating group) is 1. The maximum Gasteiger partial charge on any atom is 0.338 e. The third kappa shape index (κ3) is 2.91. The van der Waals surface area contributed by atoms with Crippen LogP contribution in [0.5, 0.6) is 0 Å². The van der Waals surface area contributed by atoms with E-state index >= 15 is 0 Å². The lowest BCUT2D eigenvalue weighted by molar-refractivity contribution is -0.139. The number of halogens is 2. The average Bonchev–Trinajstić information content (AvgIpc) is 2.51. The minimum absolute atomic E-state index is 0.168. The van der Waals surface area contributed by atoms with E-state index in [1.54, 1.807) is 13.8 Å². The normalized spacial score (nSPS) is 18.5. The summed E-state index contributed by atoms with van der Waals surface area (Å²) >= 11 is 0. The first-order chi connectivity index (χ1) is 10.8. The number of ether oxygens (including phenoxy) is 1. The standard InChI is InChI=1S/C16H18F2N2O3/c1-5-23-15(21)13-9(2)19(3)16(22)20(4)14(13)10-6-7-11(17)12(18)8-10/h6-8,14H,5H2,1-4H3/t14-/m1/s1. The van der Waals surface area contributed by atoms with Crippen LogP contribution in [0.3, 0.4) is 0 Å². The minimum atomic E-state index is -1.04. The van der Waals surface area contributed by atoms with Crippen LogP contribution >= 0.6 is 0 Å². The molecule has 0 N–H and O–H groups in total. The number of esters is 1. The highest BCUT2D eigenvalue weighted by Gasteiger charge is 2.39. The van der Waals surface area contributed by atoms with E-state index in [-0.39, 0.29) is 18.2 Å². The Hall–Kier alpha value is -2.44. The van der Waals surface area contributed by atoms with Crippen LogP contribution in [-0.2, 0) is 9.53 Å². The molecule has 124 valence electrons. The van der Waals surface area contributed by atoms with Gasteiger partial charge in [-0.25, -0.2) is 18.4 Å². The number of amides is 2. The number of carbonyl (C=O) groups is 2. The van der Waals surface area contributed by atoms with E-state index in [1.165, 1.54) is 30.0 Å². The summed E-state index contributed by atoms with van der Waals surface area (Å²) in [5, 5.41) is 0. The van der Waals surface area contributed by atoms with E-state index in [0.29, 0.717) is 11.3 Å². The molecule has 0 spiro atoms. The van der Waals surface area contributed by atoms with Gasteiger partial charge in [-0.15, -0.1) is 0 Å². The van der Waals surface area contributed by atoms with Crippen molar-refractivity contribution in [2.45, 2.75) is 19.9 Å². The van der Waals surface area contributed by atoms with Crippen LogP contribution in [0, 0.1) is 11.6 Å². The van der Waals surface area contributed by atoms with Crippen molar-refractivity contribution in [3.63, 3.8) is 0 Å². The predicted octanol–water partition coefficient (Wildman–Crippen LogP) is 2.84. The first-order valence-electron chi connectivity index (χ1n) is 7.12. The number of rotatable bonds is 3. The number of benzene rings is 1. The Morgan fingerprint density at radius 1 is 1.26 bits per heavy atom. The summed E-state index contributed by atoms with van der Waals surface area (Å²) in [5.74, 6) is -2.62. The van der Waals surface area contributed by atoms with Gasteiger partial charge in [-0.05, 0) is 31.5 Å². The number of carbonyl (C=O) groups excluding carboxylic acids is 2. The predicted molar refractivity (Wildman–Crippen MR) is 79.4 cm³/mol. The van der Waals surface area contributed by atoms with E-state index in [9.17, 15) is 18.4 Å². The van der Waals surface area contributed by atoms with Crippen molar-refractivity contribution >= 4 is 12.0 Å². The zero-order chi connectivity index (χ0) is 17.3. The minimum Gasteiger partial charge on any atom is -0.463 e. The Morgan fingerprint density at radius 2 is 1.91 bits per heavy atom. The van der Waals surface area contributed by atoms with E-state index in [4.69, 9.17) is 4.74 Å². The van der Waals surface area contributed by atoms with Crippen LogP contribution < -0.4 is 0 Å². The number of hydrogen-bond donors (Lipinski definition) is 0. The maximum atomic E-state index is 13.6. The van der Waals surface area contributed by atoms with Crippen molar-refractivity contribution < 1.29 is 23.1 Å². The number of allylic oxidation sites excluding steroid dienone is 1. The number of urea groups is 1. The molecule has 5 nitrogen and oxygen atoms in total. The molecular weight excluding hydrogens is 306 g/mol. The fourth-order valence-electron chi connectivity index (χ4n) is 2.60. The molecule has 1 atom stereocenters. The molecule has 0 unspecified atom stereocenters. The third-order valence-electron chi connectivity index (χ3n) is 3.90. The summed E-state index contributed by atoms with van der Waals surface area (Å²) in [7, 11) is 3.03. The van der Waals surface area contributed by atoms with Gasteiger partial charge in [-0.3, -0.25) is 0 Å². The van der Waals surface area contributed by atoms with Crippen LogP contribution in [-0.4, -0.2) is 42.5 Å². The van der Waals surface area contributed by atoms with E-state index < -0.39 is 23.6 Å². The molecule has 0 radical (unpaired) electrons. The lowest BCUT2D eigenvalue weighted by atomic mass is 9.93. The second kappa shape index (κ2) is 6.36. The van der Waals surface area contributed by atoms with Gasteiger partial charge in [-0.2, -0.15) is 0 Å². The van der Waals surface area contributed by atoms with Gasteiger partial charge in [0.1, 0.15) is 0 Å².